The first kappa shape index (κ1) is 69.3. The quantitative estimate of drug-likeness (QED) is 0.0345. The van der Waals surface area contributed by atoms with Crippen molar-refractivity contribution in [3.05, 3.63) is 72.9 Å². The highest BCUT2D eigenvalue weighted by Gasteiger charge is 2.17. The minimum absolute atomic E-state index is 0.0682. The van der Waals surface area contributed by atoms with Crippen LogP contribution in [0.15, 0.2) is 72.9 Å². The lowest BCUT2D eigenvalue weighted by Gasteiger charge is -2.18. The fourth-order valence-electron chi connectivity index (χ4n) is 9.06. The predicted octanol–water partition coefficient (Wildman–Crippen LogP) is 21.8. The van der Waals surface area contributed by atoms with Crippen LogP contribution in [0.4, 0.5) is 0 Å². The van der Waals surface area contributed by atoms with Crippen molar-refractivity contribution in [3.8, 4) is 0 Å². The van der Waals surface area contributed by atoms with E-state index in [2.05, 4.69) is 93.7 Å². The Bertz CT molecular complexity index is 1270. The van der Waals surface area contributed by atoms with E-state index in [4.69, 9.17) is 14.2 Å². The Balaban J connectivity index is 4.32. The third-order valence-corrected chi connectivity index (χ3v) is 13.7. The van der Waals surface area contributed by atoms with Crippen LogP contribution in [0.25, 0.3) is 0 Å². The molecule has 0 aliphatic heterocycles. The summed E-state index contributed by atoms with van der Waals surface area (Å²) in [5, 5.41) is 0. The molecule has 1 atom stereocenters. The van der Waals surface area contributed by atoms with Gasteiger partial charge in [-0.2, -0.15) is 0 Å². The predicted molar refractivity (Wildman–Crippen MR) is 316 cm³/mol. The van der Waals surface area contributed by atoms with E-state index in [1.54, 1.807) is 0 Å². The summed E-state index contributed by atoms with van der Waals surface area (Å²) in [6, 6.07) is 0. The van der Waals surface area contributed by atoms with Crippen LogP contribution in [0.1, 0.15) is 316 Å². The molecule has 0 N–H and O–H groups in total. The second kappa shape index (κ2) is 62.6. The van der Waals surface area contributed by atoms with Gasteiger partial charge in [-0.05, 0) is 89.9 Å². The van der Waals surface area contributed by atoms with E-state index >= 15 is 0 Å². The lowest BCUT2D eigenvalue weighted by Crippen LogP contribution is -2.30. The summed E-state index contributed by atoms with van der Waals surface area (Å²) in [4.78, 5) is 25.6. The zero-order chi connectivity index (χ0) is 52.0. The van der Waals surface area contributed by atoms with Crippen molar-refractivity contribution in [2.45, 2.75) is 322 Å². The molecule has 0 bridgehead atoms. The number of carbonyl (C=O) groups excluding carboxylic acids is 2. The van der Waals surface area contributed by atoms with E-state index in [-0.39, 0.29) is 25.2 Å². The summed E-state index contributed by atoms with van der Waals surface area (Å²) >= 11 is 0. The van der Waals surface area contributed by atoms with Gasteiger partial charge in [0.25, 0.3) is 0 Å². The first-order valence-corrected chi connectivity index (χ1v) is 31.5. The lowest BCUT2D eigenvalue weighted by molar-refractivity contribution is -0.163. The molecule has 0 fully saturated rings. The first-order valence-electron chi connectivity index (χ1n) is 31.5. The summed E-state index contributed by atoms with van der Waals surface area (Å²) < 4.78 is 17.5. The smallest absolute Gasteiger partial charge is 0.306 e. The van der Waals surface area contributed by atoms with Crippen LogP contribution in [0.5, 0.6) is 0 Å². The third-order valence-electron chi connectivity index (χ3n) is 13.7. The Morgan fingerprint density at radius 1 is 0.319 bits per heavy atom. The molecule has 0 saturated heterocycles. The fraction of sp³-hybridized carbons (Fsp3) is 0.791. The molecular formula is C67H120O5. The van der Waals surface area contributed by atoms with Gasteiger partial charge >= 0.3 is 11.9 Å². The van der Waals surface area contributed by atoms with Crippen LogP contribution in [0.2, 0.25) is 0 Å². The Morgan fingerprint density at radius 2 is 0.625 bits per heavy atom. The van der Waals surface area contributed by atoms with Crippen LogP contribution < -0.4 is 0 Å². The zero-order valence-corrected chi connectivity index (χ0v) is 48.2. The van der Waals surface area contributed by atoms with Crippen LogP contribution >= 0.6 is 0 Å². The van der Waals surface area contributed by atoms with Crippen molar-refractivity contribution in [1.29, 1.82) is 0 Å². The molecule has 0 aliphatic rings. The zero-order valence-electron chi connectivity index (χ0n) is 48.2. The van der Waals surface area contributed by atoms with Crippen molar-refractivity contribution in [1.82, 2.24) is 0 Å². The number of hydrogen-bond donors (Lipinski definition) is 0. The lowest BCUT2D eigenvalue weighted by atomic mass is 10.0. The Kier molecular flexibility index (Phi) is 60.3. The number of esters is 2. The van der Waals surface area contributed by atoms with E-state index < -0.39 is 6.10 Å². The molecule has 0 rings (SSSR count). The molecule has 0 spiro atoms. The Morgan fingerprint density at radius 3 is 1.03 bits per heavy atom. The SMILES string of the molecule is CC/C=C\C/C=C\C/C=C\C/C=C\C/C=C\CCCCCC(=O)OCC(COCCCCCCCCCC/C=C\CCCCCCCC)OC(=O)CCCCCCCCCCCCCCCCCCCCC. The number of rotatable bonds is 58. The molecule has 0 heterocycles. The Labute approximate surface area is 448 Å². The highest BCUT2D eigenvalue weighted by atomic mass is 16.6. The van der Waals surface area contributed by atoms with Gasteiger partial charge in [-0.3, -0.25) is 9.59 Å². The van der Waals surface area contributed by atoms with Crippen LogP contribution in [-0.4, -0.2) is 37.9 Å². The van der Waals surface area contributed by atoms with Gasteiger partial charge in [0.2, 0.25) is 0 Å². The standard InChI is InChI=1S/C67H120O5/c1-4-7-10-13-16-19-22-25-28-31-34-36-39-42-45-48-51-54-57-60-66(68)71-64-65(63-70-62-59-56-53-50-47-44-41-38-33-30-27-24-21-18-15-12-9-6-3)72-67(69)61-58-55-52-49-46-43-40-37-35-32-29-26-23-20-17-14-11-8-5-2/h7,10,16,19,25,27-28,30,34,36,42,45,65H,4-6,8-9,11-15,17-18,20-24,26,29,31-33,35,37-41,43-44,46-64H2,1-3H3/b10-7-,19-16-,28-25-,30-27-,36-34-,45-42-. The van der Waals surface area contributed by atoms with E-state index in [1.807, 2.05) is 0 Å². The maximum absolute atomic E-state index is 12.9. The van der Waals surface area contributed by atoms with Gasteiger partial charge in [0.15, 0.2) is 6.10 Å². The van der Waals surface area contributed by atoms with Crippen molar-refractivity contribution in [2.75, 3.05) is 19.8 Å². The highest BCUT2D eigenvalue weighted by molar-refractivity contribution is 5.70. The fourth-order valence-corrected chi connectivity index (χ4v) is 9.06. The van der Waals surface area contributed by atoms with Gasteiger partial charge in [0, 0.05) is 19.4 Å². The molecule has 0 radical (unpaired) electrons. The van der Waals surface area contributed by atoms with E-state index in [1.165, 1.54) is 199 Å². The maximum Gasteiger partial charge on any atom is 0.306 e. The average molecular weight is 1010 g/mol. The number of allylic oxidation sites excluding steroid dienone is 12. The van der Waals surface area contributed by atoms with Gasteiger partial charge in [0.1, 0.15) is 6.61 Å². The molecule has 418 valence electrons. The summed E-state index contributed by atoms with van der Waals surface area (Å²) in [6.07, 6.45) is 82.2. The van der Waals surface area contributed by atoms with Crippen LogP contribution in [0.3, 0.4) is 0 Å². The molecule has 5 heteroatoms. The Hall–Kier alpha value is -2.66. The molecule has 0 amide bonds. The molecule has 5 nitrogen and oxygen atoms in total. The second-order valence-corrected chi connectivity index (χ2v) is 20.9. The normalized spacial score (nSPS) is 12.7. The molecule has 1 unspecified atom stereocenters. The third kappa shape index (κ3) is 59.9. The maximum atomic E-state index is 12.9. The van der Waals surface area contributed by atoms with E-state index in [0.29, 0.717) is 19.4 Å². The van der Waals surface area contributed by atoms with E-state index in [0.717, 1.165) is 83.5 Å². The molecule has 0 aromatic heterocycles. The van der Waals surface area contributed by atoms with Crippen molar-refractivity contribution >= 4 is 11.9 Å². The van der Waals surface area contributed by atoms with Gasteiger partial charge in [-0.15, -0.1) is 0 Å². The average Bonchev–Trinajstić information content (AvgIpc) is 3.38. The number of hydrogen-bond acceptors (Lipinski definition) is 5. The molecule has 0 aliphatic carbocycles. The van der Waals surface area contributed by atoms with E-state index in [9.17, 15) is 9.59 Å². The molecule has 0 saturated carbocycles. The van der Waals surface area contributed by atoms with Crippen LogP contribution in [0, 0.1) is 0 Å². The summed E-state index contributed by atoms with van der Waals surface area (Å²) in [6.45, 7) is 7.72. The van der Waals surface area contributed by atoms with Crippen LogP contribution in [-0.2, 0) is 23.8 Å². The van der Waals surface area contributed by atoms with Gasteiger partial charge in [-0.1, -0.05) is 286 Å². The second-order valence-electron chi connectivity index (χ2n) is 20.9. The largest absolute Gasteiger partial charge is 0.462 e. The van der Waals surface area contributed by atoms with Crippen molar-refractivity contribution in [2.24, 2.45) is 0 Å². The summed E-state index contributed by atoms with van der Waals surface area (Å²) in [7, 11) is 0. The van der Waals surface area contributed by atoms with Gasteiger partial charge in [0.05, 0.1) is 6.61 Å². The van der Waals surface area contributed by atoms with Crippen molar-refractivity contribution < 1.29 is 23.8 Å². The minimum atomic E-state index is -0.553. The van der Waals surface area contributed by atoms with Gasteiger partial charge < -0.3 is 14.2 Å². The summed E-state index contributed by atoms with van der Waals surface area (Å²) in [5.41, 5.74) is 0. The molecule has 72 heavy (non-hydrogen) atoms. The molecule has 0 aromatic rings. The molecule has 0 aromatic carbocycles. The van der Waals surface area contributed by atoms with Gasteiger partial charge in [-0.25, -0.2) is 0 Å². The monoisotopic (exact) mass is 1000 g/mol. The molecular weight excluding hydrogens is 885 g/mol. The number of ether oxygens (including phenoxy) is 3. The first-order chi connectivity index (χ1) is 35.6. The summed E-state index contributed by atoms with van der Waals surface area (Å²) in [5.74, 6) is -0.421. The number of carbonyl (C=O) groups is 2. The topological polar surface area (TPSA) is 61.8 Å². The van der Waals surface area contributed by atoms with Crippen molar-refractivity contribution in [3.63, 3.8) is 0 Å². The number of unbranched alkanes of at least 4 members (excludes halogenated alkanes) is 35. The highest BCUT2D eigenvalue weighted by Crippen LogP contribution is 2.17. The minimum Gasteiger partial charge on any atom is -0.462 e.